The molecule has 0 amide bonds. The molecule has 4 nitrogen and oxygen atoms in total. The Balaban J connectivity index is 1.86. The van der Waals surface area contributed by atoms with Crippen LogP contribution >= 0.6 is 0 Å². The molecule has 110 valence electrons. The molecule has 3 aromatic rings. The number of ether oxygens (including phenoxy) is 1. The summed E-state index contributed by atoms with van der Waals surface area (Å²) in [4.78, 5) is 11.5. The molecule has 0 aliphatic rings. The lowest BCUT2D eigenvalue weighted by Gasteiger charge is -2.11. The summed E-state index contributed by atoms with van der Waals surface area (Å²) in [6.45, 7) is 0.337. The van der Waals surface area contributed by atoms with Gasteiger partial charge < -0.3 is 14.4 Å². The minimum Gasteiger partial charge on any atom is -0.488 e. The van der Waals surface area contributed by atoms with Crippen molar-refractivity contribution >= 4 is 5.97 Å². The fourth-order valence-electron chi connectivity index (χ4n) is 2.21. The van der Waals surface area contributed by atoms with Crippen molar-refractivity contribution in [2.75, 3.05) is 0 Å². The van der Waals surface area contributed by atoms with Crippen molar-refractivity contribution in [1.82, 2.24) is 4.57 Å². The Hall–Kier alpha value is -3.01. The Bertz CT molecular complexity index is 764. The zero-order valence-electron chi connectivity index (χ0n) is 11.8. The van der Waals surface area contributed by atoms with Crippen molar-refractivity contribution in [1.29, 1.82) is 0 Å². The number of carbonyl (C=O) groups is 1. The summed E-state index contributed by atoms with van der Waals surface area (Å²) < 4.78 is 7.52. The van der Waals surface area contributed by atoms with E-state index in [0.29, 0.717) is 12.4 Å². The van der Waals surface area contributed by atoms with Gasteiger partial charge in [-0.1, -0.05) is 30.3 Å². The second-order valence-corrected chi connectivity index (χ2v) is 4.85. The van der Waals surface area contributed by atoms with Crippen molar-refractivity contribution in [3.8, 4) is 11.4 Å². The van der Waals surface area contributed by atoms with Gasteiger partial charge in [0.15, 0.2) is 0 Å². The van der Waals surface area contributed by atoms with Gasteiger partial charge in [-0.25, -0.2) is 4.79 Å². The standard InChI is InChI=1S/C18H15NO3/c20-18(21)16-12-15(19-10-4-5-11-19)8-9-17(16)22-13-14-6-2-1-3-7-14/h1-12H,13H2,(H,20,21). The highest BCUT2D eigenvalue weighted by atomic mass is 16.5. The van der Waals surface area contributed by atoms with Crippen molar-refractivity contribution in [2.24, 2.45) is 0 Å². The first-order valence-electron chi connectivity index (χ1n) is 6.91. The van der Waals surface area contributed by atoms with Gasteiger partial charge in [-0.05, 0) is 35.9 Å². The summed E-state index contributed by atoms with van der Waals surface area (Å²) in [5.41, 5.74) is 1.94. The van der Waals surface area contributed by atoms with Gasteiger partial charge in [0.2, 0.25) is 0 Å². The number of hydrogen-bond acceptors (Lipinski definition) is 2. The highest BCUT2D eigenvalue weighted by molar-refractivity contribution is 5.91. The largest absolute Gasteiger partial charge is 0.488 e. The molecule has 0 spiro atoms. The van der Waals surface area contributed by atoms with Gasteiger partial charge in [0.1, 0.15) is 17.9 Å². The molecule has 1 N–H and O–H groups in total. The van der Waals surface area contributed by atoms with Crippen LogP contribution in [0.2, 0.25) is 0 Å². The fraction of sp³-hybridized carbons (Fsp3) is 0.0556. The van der Waals surface area contributed by atoms with Crippen molar-refractivity contribution in [3.05, 3.63) is 84.2 Å². The fourth-order valence-corrected chi connectivity index (χ4v) is 2.21. The lowest BCUT2D eigenvalue weighted by atomic mass is 10.1. The first kappa shape index (κ1) is 13.9. The molecule has 0 bridgehead atoms. The Morgan fingerprint density at radius 3 is 2.41 bits per heavy atom. The third kappa shape index (κ3) is 3.01. The number of aromatic carboxylic acids is 1. The van der Waals surface area contributed by atoms with E-state index in [9.17, 15) is 9.90 Å². The van der Waals surface area contributed by atoms with E-state index in [0.717, 1.165) is 11.3 Å². The minimum atomic E-state index is -1.00. The molecule has 1 heterocycles. The second-order valence-electron chi connectivity index (χ2n) is 4.85. The Labute approximate surface area is 128 Å². The number of nitrogens with zero attached hydrogens (tertiary/aromatic N) is 1. The van der Waals surface area contributed by atoms with Crippen LogP contribution in [0.4, 0.5) is 0 Å². The van der Waals surface area contributed by atoms with Crippen molar-refractivity contribution < 1.29 is 14.6 Å². The second kappa shape index (κ2) is 6.18. The van der Waals surface area contributed by atoms with Gasteiger partial charge in [-0.3, -0.25) is 0 Å². The third-order valence-corrected chi connectivity index (χ3v) is 3.33. The molecule has 1 aromatic heterocycles. The number of benzene rings is 2. The smallest absolute Gasteiger partial charge is 0.339 e. The van der Waals surface area contributed by atoms with Crippen LogP contribution in [-0.4, -0.2) is 15.6 Å². The topological polar surface area (TPSA) is 51.5 Å². The number of hydrogen-bond donors (Lipinski definition) is 1. The molecule has 2 aromatic carbocycles. The highest BCUT2D eigenvalue weighted by Crippen LogP contribution is 2.23. The maximum absolute atomic E-state index is 11.5. The van der Waals surface area contributed by atoms with Gasteiger partial charge in [-0.2, -0.15) is 0 Å². The Morgan fingerprint density at radius 2 is 1.73 bits per heavy atom. The van der Waals surface area contributed by atoms with Gasteiger partial charge >= 0.3 is 5.97 Å². The first-order chi connectivity index (χ1) is 10.7. The molecular weight excluding hydrogens is 278 g/mol. The van der Waals surface area contributed by atoms with Crippen LogP contribution in [-0.2, 0) is 6.61 Å². The molecule has 4 heteroatoms. The molecule has 3 rings (SSSR count). The Morgan fingerprint density at radius 1 is 1.00 bits per heavy atom. The predicted molar refractivity (Wildman–Crippen MR) is 83.5 cm³/mol. The molecule has 0 unspecified atom stereocenters. The quantitative estimate of drug-likeness (QED) is 0.779. The van der Waals surface area contributed by atoms with Gasteiger partial charge in [0, 0.05) is 18.1 Å². The molecule has 0 aliphatic heterocycles. The van der Waals surface area contributed by atoms with Crippen molar-refractivity contribution in [3.63, 3.8) is 0 Å². The molecule has 0 fully saturated rings. The van der Waals surface area contributed by atoms with Crippen LogP contribution in [0.25, 0.3) is 5.69 Å². The maximum Gasteiger partial charge on any atom is 0.339 e. The number of carboxylic acid groups (broad SMARTS) is 1. The first-order valence-corrected chi connectivity index (χ1v) is 6.91. The van der Waals surface area contributed by atoms with E-state index in [1.54, 1.807) is 12.1 Å². The van der Waals surface area contributed by atoms with E-state index in [2.05, 4.69) is 0 Å². The lowest BCUT2D eigenvalue weighted by molar-refractivity contribution is 0.0691. The van der Waals surface area contributed by atoms with E-state index in [1.165, 1.54) is 0 Å². The number of carboxylic acids is 1. The van der Waals surface area contributed by atoms with Crippen LogP contribution in [0.5, 0.6) is 5.75 Å². The van der Waals surface area contributed by atoms with Crippen LogP contribution in [0.15, 0.2) is 73.1 Å². The summed E-state index contributed by atoms with van der Waals surface area (Å²) in [6.07, 6.45) is 3.73. The number of rotatable bonds is 5. The molecule has 22 heavy (non-hydrogen) atoms. The van der Waals surface area contributed by atoms with Crippen LogP contribution in [0.1, 0.15) is 15.9 Å². The van der Waals surface area contributed by atoms with E-state index >= 15 is 0 Å². The van der Waals surface area contributed by atoms with Gasteiger partial charge in [0.05, 0.1) is 0 Å². The van der Waals surface area contributed by atoms with E-state index < -0.39 is 5.97 Å². The average Bonchev–Trinajstić information content (AvgIpc) is 3.08. The summed E-state index contributed by atoms with van der Waals surface area (Å²) in [5.74, 6) is -0.635. The van der Waals surface area contributed by atoms with Crippen LogP contribution in [0.3, 0.4) is 0 Å². The lowest BCUT2D eigenvalue weighted by Crippen LogP contribution is -2.05. The molecule has 0 aliphatic carbocycles. The van der Waals surface area contributed by atoms with E-state index in [4.69, 9.17) is 4.74 Å². The van der Waals surface area contributed by atoms with E-state index in [-0.39, 0.29) is 5.56 Å². The molecule has 0 saturated carbocycles. The molecule has 0 saturated heterocycles. The summed E-state index contributed by atoms with van der Waals surface area (Å²) in [6, 6.07) is 18.6. The summed E-state index contributed by atoms with van der Waals surface area (Å²) in [7, 11) is 0. The maximum atomic E-state index is 11.5. The zero-order chi connectivity index (χ0) is 15.4. The van der Waals surface area contributed by atoms with Crippen LogP contribution < -0.4 is 4.74 Å². The third-order valence-electron chi connectivity index (χ3n) is 3.33. The SMILES string of the molecule is O=C(O)c1cc(-n2cccc2)ccc1OCc1ccccc1. The highest BCUT2D eigenvalue weighted by Gasteiger charge is 2.13. The predicted octanol–water partition coefficient (Wildman–Crippen LogP) is 3.75. The molecule has 0 atom stereocenters. The van der Waals surface area contributed by atoms with Gasteiger partial charge in [0.25, 0.3) is 0 Å². The van der Waals surface area contributed by atoms with Crippen LogP contribution in [0, 0.1) is 0 Å². The molecular formula is C18H15NO3. The van der Waals surface area contributed by atoms with Crippen molar-refractivity contribution in [2.45, 2.75) is 6.61 Å². The van der Waals surface area contributed by atoms with E-state index in [1.807, 2.05) is 65.5 Å². The zero-order valence-corrected chi connectivity index (χ0v) is 11.8. The van der Waals surface area contributed by atoms with Gasteiger partial charge in [-0.15, -0.1) is 0 Å². The summed E-state index contributed by atoms with van der Waals surface area (Å²) >= 11 is 0. The number of aromatic nitrogens is 1. The molecule has 0 radical (unpaired) electrons. The Kier molecular flexibility index (Phi) is 3.92. The summed E-state index contributed by atoms with van der Waals surface area (Å²) in [5, 5.41) is 9.40. The monoisotopic (exact) mass is 293 g/mol. The average molecular weight is 293 g/mol. The normalized spacial score (nSPS) is 10.4. The minimum absolute atomic E-state index is 0.155.